The Morgan fingerprint density at radius 3 is 2.49 bits per heavy atom. The maximum absolute atomic E-state index is 13.4. The topological polar surface area (TPSA) is 65.9 Å². The predicted molar refractivity (Wildman–Crippen MR) is 126 cm³/mol. The summed E-state index contributed by atoms with van der Waals surface area (Å²) < 4.78 is 45.7. The highest BCUT2D eigenvalue weighted by molar-refractivity contribution is 6.08. The van der Waals surface area contributed by atoms with E-state index in [0.717, 1.165) is 11.6 Å². The fourth-order valence-electron chi connectivity index (χ4n) is 4.57. The fraction of sp³-hybridized carbons (Fsp3) is 0.308. The lowest BCUT2D eigenvalue weighted by Crippen LogP contribution is -2.38. The number of nitrogens with zero attached hydrogens (tertiary/aromatic N) is 3. The minimum absolute atomic E-state index is 0.164. The van der Waals surface area contributed by atoms with Crippen molar-refractivity contribution in [2.75, 3.05) is 42.6 Å². The highest BCUT2D eigenvalue weighted by Crippen LogP contribution is 2.38. The van der Waals surface area contributed by atoms with Crippen LogP contribution in [-0.2, 0) is 17.3 Å². The van der Waals surface area contributed by atoms with Gasteiger partial charge in [-0.15, -0.1) is 0 Å². The van der Waals surface area contributed by atoms with Gasteiger partial charge in [0.1, 0.15) is 5.75 Å². The molecule has 1 amide bonds. The van der Waals surface area contributed by atoms with Crippen molar-refractivity contribution in [1.29, 1.82) is 0 Å². The lowest BCUT2D eigenvalue weighted by atomic mass is 9.96. The van der Waals surface area contributed by atoms with Gasteiger partial charge in [-0.3, -0.25) is 9.78 Å². The Bertz CT molecular complexity index is 1290. The van der Waals surface area contributed by atoms with E-state index in [4.69, 9.17) is 4.74 Å². The monoisotopic (exact) mass is 483 g/mol. The molecule has 1 saturated heterocycles. The maximum Gasteiger partial charge on any atom is 0.416 e. The number of aryl methyl sites for hydroxylation is 1. The minimum atomic E-state index is -4.45. The van der Waals surface area contributed by atoms with Crippen LogP contribution in [0.3, 0.4) is 0 Å². The quantitative estimate of drug-likeness (QED) is 0.579. The molecule has 0 radical (unpaired) electrons. The van der Waals surface area contributed by atoms with Gasteiger partial charge >= 0.3 is 6.18 Å². The van der Waals surface area contributed by atoms with Crippen molar-refractivity contribution in [1.82, 2.24) is 4.98 Å². The molecule has 2 aliphatic rings. The van der Waals surface area contributed by atoms with Crippen molar-refractivity contribution in [2.24, 2.45) is 0 Å². The number of hydrogen-bond donors (Lipinski definition) is 1. The number of carbonyl (C=O) groups is 1. The molecular formula is C26H24F3N3O3. The first-order valence-electron chi connectivity index (χ1n) is 11.4. The molecule has 0 bridgehead atoms. The number of pyridine rings is 1. The van der Waals surface area contributed by atoms with Crippen molar-refractivity contribution >= 4 is 17.3 Å². The van der Waals surface area contributed by atoms with E-state index in [-0.39, 0.29) is 11.7 Å². The molecule has 35 heavy (non-hydrogen) atoms. The van der Waals surface area contributed by atoms with Crippen LogP contribution >= 0.6 is 0 Å². The molecule has 6 nitrogen and oxygen atoms in total. The number of phenols is 1. The van der Waals surface area contributed by atoms with Gasteiger partial charge in [-0.05, 0) is 60.9 Å². The van der Waals surface area contributed by atoms with E-state index >= 15 is 0 Å². The summed E-state index contributed by atoms with van der Waals surface area (Å²) in [6.07, 6.45) is -2.37. The molecule has 0 spiro atoms. The summed E-state index contributed by atoms with van der Waals surface area (Å²) >= 11 is 0. The van der Waals surface area contributed by atoms with Crippen LogP contribution in [0.25, 0.3) is 11.3 Å². The molecule has 9 heteroatoms. The number of halogens is 3. The van der Waals surface area contributed by atoms with E-state index in [1.54, 1.807) is 36.1 Å². The molecule has 3 heterocycles. The van der Waals surface area contributed by atoms with Crippen LogP contribution in [0.5, 0.6) is 5.75 Å². The van der Waals surface area contributed by atoms with Gasteiger partial charge in [0.05, 0.1) is 30.0 Å². The van der Waals surface area contributed by atoms with E-state index in [2.05, 4.69) is 4.98 Å². The molecule has 2 aromatic carbocycles. The number of aromatic hydroxyl groups is 1. The number of rotatable bonds is 3. The van der Waals surface area contributed by atoms with Crippen LogP contribution < -0.4 is 9.80 Å². The van der Waals surface area contributed by atoms with Crippen LogP contribution in [0.1, 0.15) is 27.0 Å². The van der Waals surface area contributed by atoms with Gasteiger partial charge in [0, 0.05) is 42.8 Å². The molecule has 0 unspecified atom stereocenters. The number of fused-ring (bicyclic) bond motifs is 1. The number of morpholine rings is 1. The average Bonchev–Trinajstić information content (AvgIpc) is 2.85. The third-order valence-corrected chi connectivity index (χ3v) is 6.51. The van der Waals surface area contributed by atoms with Crippen molar-refractivity contribution in [3.05, 3.63) is 70.9 Å². The van der Waals surface area contributed by atoms with E-state index in [9.17, 15) is 23.1 Å². The fourth-order valence-corrected chi connectivity index (χ4v) is 4.57. The molecule has 2 aliphatic heterocycles. The number of anilines is 2. The number of carbonyl (C=O) groups excluding carboxylic acids is 1. The molecule has 0 saturated carbocycles. The second-order valence-corrected chi connectivity index (χ2v) is 8.73. The second-order valence-electron chi connectivity index (χ2n) is 8.73. The molecule has 182 valence electrons. The molecular weight excluding hydrogens is 459 g/mol. The lowest BCUT2D eigenvalue weighted by molar-refractivity contribution is -0.137. The number of aromatic nitrogens is 1. The first-order chi connectivity index (χ1) is 16.7. The standard InChI is InChI=1S/C26H24F3N3O3/c1-16-12-19(3-5-24(16)33)32-7-6-17-13-22(30-15-21(17)25(32)34)20-4-2-18(26(27,28)29)14-23(20)31-8-10-35-11-9-31/h2-5,12-15,33H,6-11H2,1H3. The summed E-state index contributed by atoms with van der Waals surface area (Å²) in [6.45, 7) is 4.06. The largest absolute Gasteiger partial charge is 0.508 e. The Balaban J connectivity index is 1.51. The van der Waals surface area contributed by atoms with Crippen molar-refractivity contribution in [3.63, 3.8) is 0 Å². The molecule has 0 aliphatic carbocycles. The summed E-state index contributed by atoms with van der Waals surface area (Å²) in [5, 5.41) is 9.80. The van der Waals surface area contributed by atoms with E-state index < -0.39 is 11.7 Å². The number of alkyl halides is 3. The summed E-state index contributed by atoms with van der Waals surface area (Å²) in [5.41, 5.74) is 3.50. The first kappa shape index (κ1) is 23.2. The maximum atomic E-state index is 13.4. The van der Waals surface area contributed by atoms with Crippen LogP contribution in [0.4, 0.5) is 24.5 Å². The Kier molecular flexibility index (Phi) is 5.88. The smallest absolute Gasteiger partial charge is 0.416 e. The Hall–Kier alpha value is -3.59. The number of amides is 1. The average molecular weight is 483 g/mol. The highest BCUT2D eigenvalue weighted by atomic mass is 19.4. The van der Waals surface area contributed by atoms with Gasteiger partial charge in [-0.1, -0.05) is 6.07 Å². The summed E-state index contributed by atoms with van der Waals surface area (Å²) in [5.74, 6) is -0.0336. The molecule has 0 atom stereocenters. The summed E-state index contributed by atoms with van der Waals surface area (Å²) in [4.78, 5) is 21.2. The SMILES string of the molecule is Cc1cc(N2CCc3cc(-c4ccc(C(F)(F)F)cc4N4CCOCC4)ncc3C2=O)ccc1O. The van der Waals surface area contributed by atoms with Gasteiger partial charge in [-0.2, -0.15) is 13.2 Å². The zero-order chi connectivity index (χ0) is 24.7. The zero-order valence-electron chi connectivity index (χ0n) is 19.1. The van der Waals surface area contributed by atoms with Crippen LogP contribution in [0.15, 0.2) is 48.7 Å². The number of ether oxygens (including phenoxy) is 1. The second kappa shape index (κ2) is 8.88. The van der Waals surface area contributed by atoms with E-state index in [1.165, 1.54) is 18.3 Å². The summed E-state index contributed by atoms with van der Waals surface area (Å²) in [6, 6.07) is 10.5. The van der Waals surface area contributed by atoms with Gasteiger partial charge in [0.2, 0.25) is 0 Å². The van der Waals surface area contributed by atoms with E-state index in [0.29, 0.717) is 73.0 Å². The Morgan fingerprint density at radius 2 is 1.77 bits per heavy atom. The molecule has 1 fully saturated rings. The molecule has 1 aromatic heterocycles. The number of phenolic OH excluding ortho intramolecular Hbond substituents is 1. The third-order valence-electron chi connectivity index (χ3n) is 6.51. The van der Waals surface area contributed by atoms with Gasteiger partial charge in [0.15, 0.2) is 0 Å². The molecule has 5 rings (SSSR count). The predicted octanol–water partition coefficient (Wildman–Crippen LogP) is 4.82. The third kappa shape index (κ3) is 4.43. The Labute approximate surface area is 200 Å². The van der Waals surface area contributed by atoms with Crippen LogP contribution in [0, 0.1) is 6.92 Å². The Morgan fingerprint density at radius 1 is 1.00 bits per heavy atom. The van der Waals surface area contributed by atoms with Crippen molar-refractivity contribution in [2.45, 2.75) is 19.5 Å². The zero-order valence-corrected chi connectivity index (χ0v) is 19.1. The summed E-state index contributed by atoms with van der Waals surface area (Å²) in [7, 11) is 0. The van der Waals surface area contributed by atoms with Gasteiger partial charge in [0.25, 0.3) is 5.91 Å². The van der Waals surface area contributed by atoms with Gasteiger partial charge < -0.3 is 19.6 Å². The lowest BCUT2D eigenvalue weighted by Gasteiger charge is -2.31. The highest BCUT2D eigenvalue weighted by Gasteiger charge is 2.33. The van der Waals surface area contributed by atoms with Gasteiger partial charge in [-0.25, -0.2) is 0 Å². The molecule has 3 aromatic rings. The first-order valence-corrected chi connectivity index (χ1v) is 11.4. The van der Waals surface area contributed by atoms with Crippen LogP contribution in [-0.4, -0.2) is 48.8 Å². The number of benzene rings is 2. The van der Waals surface area contributed by atoms with Crippen molar-refractivity contribution < 1.29 is 27.8 Å². The minimum Gasteiger partial charge on any atom is -0.508 e. The molecule has 1 N–H and O–H groups in total. The normalized spacial score (nSPS) is 16.4. The van der Waals surface area contributed by atoms with E-state index in [1.807, 2.05) is 4.90 Å². The number of hydrogen-bond acceptors (Lipinski definition) is 5. The van der Waals surface area contributed by atoms with Crippen molar-refractivity contribution in [3.8, 4) is 17.0 Å². The van der Waals surface area contributed by atoms with Crippen LogP contribution in [0.2, 0.25) is 0 Å².